The minimum atomic E-state index is -0.352. The second-order valence-electron chi connectivity index (χ2n) is 7.51. The Morgan fingerprint density at radius 1 is 1.09 bits per heavy atom. The van der Waals surface area contributed by atoms with Crippen LogP contribution in [-0.2, 0) is 6.54 Å². The number of methoxy groups -OCH3 is 1. The fraction of sp³-hybridized carbons (Fsp3) is 0.120. The van der Waals surface area contributed by atoms with Gasteiger partial charge >= 0.3 is 0 Å². The number of fused-ring (bicyclic) bond motifs is 1. The van der Waals surface area contributed by atoms with Crippen molar-refractivity contribution >= 4 is 28.3 Å². The summed E-state index contributed by atoms with van der Waals surface area (Å²) in [5, 5.41) is 9.44. The Balaban J connectivity index is 1.61. The van der Waals surface area contributed by atoms with E-state index in [1.165, 1.54) is 0 Å². The fourth-order valence-electron chi connectivity index (χ4n) is 3.87. The van der Waals surface area contributed by atoms with Crippen LogP contribution < -0.4 is 4.74 Å². The van der Waals surface area contributed by atoms with Gasteiger partial charge < -0.3 is 13.7 Å². The fourth-order valence-corrected chi connectivity index (χ4v) is 3.99. The van der Waals surface area contributed by atoms with Crippen LogP contribution in [0.1, 0.15) is 27.5 Å². The molecule has 7 nitrogen and oxygen atoms in total. The highest BCUT2D eigenvalue weighted by molar-refractivity contribution is 6.30. The molecule has 0 aliphatic carbocycles. The number of carbonyl (C=O) groups excluding carboxylic acids is 1. The Bertz CT molecular complexity index is 1460. The number of carbonyl (C=O) groups is 1. The molecule has 0 atom stereocenters. The van der Waals surface area contributed by atoms with Crippen LogP contribution in [0.5, 0.6) is 5.75 Å². The van der Waals surface area contributed by atoms with E-state index in [0.29, 0.717) is 28.6 Å². The molecule has 3 aromatic heterocycles. The molecule has 0 aliphatic rings. The number of nitrogens with zero attached hydrogens (tertiary/aromatic N) is 4. The number of rotatable bonds is 6. The van der Waals surface area contributed by atoms with Gasteiger partial charge in [-0.2, -0.15) is 0 Å². The molecule has 5 aromatic rings. The molecule has 0 saturated heterocycles. The Hall–Kier alpha value is -3.97. The first-order valence-electron chi connectivity index (χ1n) is 10.3. The molecule has 3 heterocycles. The molecular weight excluding hydrogens is 440 g/mol. The number of hydrogen-bond acceptors (Lipinski definition) is 6. The third kappa shape index (κ3) is 3.87. The summed E-state index contributed by atoms with van der Waals surface area (Å²) in [4.78, 5) is 17.8. The van der Waals surface area contributed by atoms with Crippen LogP contribution in [-0.4, -0.2) is 32.6 Å². The minimum Gasteiger partial charge on any atom is -0.497 e. The van der Waals surface area contributed by atoms with Gasteiger partial charge in [-0.15, -0.1) is 10.2 Å². The van der Waals surface area contributed by atoms with E-state index in [0.717, 1.165) is 22.2 Å². The molecule has 0 aliphatic heterocycles. The molecule has 5 rings (SSSR count). The van der Waals surface area contributed by atoms with Gasteiger partial charge in [0.25, 0.3) is 17.6 Å². The summed E-state index contributed by atoms with van der Waals surface area (Å²) in [7, 11) is 1.59. The SMILES string of the molecule is COc1ccc2c(c1)c(C(=O)c1nnc(-c3ccccn3)o1)c(C)n2Cc1ccc(Cl)cc1. The number of ether oxygens (including phenoxy) is 1. The Labute approximate surface area is 194 Å². The Morgan fingerprint density at radius 2 is 1.91 bits per heavy atom. The van der Waals surface area contributed by atoms with Gasteiger partial charge in [-0.25, -0.2) is 0 Å². The average Bonchev–Trinajstić information content (AvgIpc) is 3.44. The Kier molecular flexibility index (Phi) is 5.40. The van der Waals surface area contributed by atoms with Crippen molar-refractivity contribution in [2.24, 2.45) is 0 Å². The van der Waals surface area contributed by atoms with Crippen LogP contribution in [0.15, 0.2) is 71.3 Å². The second-order valence-corrected chi connectivity index (χ2v) is 7.95. The van der Waals surface area contributed by atoms with Crippen molar-refractivity contribution < 1.29 is 13.9 Å². The first-order chi connectivity index (χ1) is 16.0. The third-order valence-electron chi connectivity index (χ3n) is 5.51. The molecule has 0 saturated carbocycles. The van der Waals surface area contributed by atoms with E-state index in [4.69, 9.17) is 20.8 Å². The zero-order chi connectivity index (χ0) is 22.9. The molecule has 0 fully saturated rings. The molecular formula is C25H19ClN4O3. The summed E-state index contributed by atoms with van der Waals surface area (Å²) in [6.07, 6.45) is 1.63. The maximum Gasteiger partial charge on any atom is 0.289 e. The van der Waals surface area contributed by atoms with Gasteiger partial charge in [0.1, 0.15) is 11.4 Å². The van der Waals surface area contributed by atoms with E-state index in [1.807, 2.05) is 55.5 Å². The number of ketones is 1. The molecule has 8 heteroatoms. The van der Waals surface area contributed by atoms with Crippen LogP contribution in [0.2, 0.25) is 5.02 Å². The molecule has 0 N–H and O–H groups in total. The van der Waals surface area contributed by atoms with E-state index in [-0.39, 0.29) is 17.6 Å². The van der Waals surface area contributed by atoms with Gasteiger partial charge in [0.15, 0.2) is 0 Å². The summed E-state index contributed by atoms with van der Waals surface area (Å²) in [6, 6.07) is 18.7. The molecule has 0 bridgehead atoms. The van der Waals surface area contributed by atoms with Crippen molar-refractivity contribution in [3.05, 3.63) is 94.6 Å². The molecule has 164 valence electrons. The highest BCUT2D eigenvalue weighted by Crippen LogP contribution is 2.32. The van der Waals surface area contributed by atoms with Crippen molar-refractivity contribution in [2.75, 3.05) is 7.11 Å². The zero-order valence-corrected chi connectivity index (χ0v) is 18.7. The second kappa shape index (κ2) is 8.52. The topological polar surface area (TPSA) is 83.0 Å². The van der Waals surface area contributed by atoms with E-state index >= 15 is 0 Å². The summed E-state index contributed by atoms with van der Waals surface area (Å²) in [5.41, 5.74) is 3.75. The lowest BCUT2D eigenvalue weighted by atomic mass is 10.1. The molecule has 2 aromatic carbocycles. The lowest BCUT2D eigenvalue weighted by Crippen LogP contribution is -2.06. The monoisotopic (exact) mass is 458 g/mol. The van der Waals surface area contributed by atoms with Crippen molar-refractivity contribution in [3.8, 4) is 17.3 Å². The van der Waals surface area contributed by atoms with Crippen molar-refractivity contribution in [1.82, 2.24) is 19.7 Å². The summed E-state index contributed by atoms with van der Waals surface area (Å²) >= 11 is 6.04. The number of aromatic nitrogens is 4. The maximum atomic E-state index is 13.5. The number of halogens is 1. The van der Waals surface area contributed by atoms with Crippen LogP contribution in [0.3, 0.4) is 0 Å². The lowest BCUT2D eigenvalue weighted by molar-refractivity contribution is 0.100. The van der Waals surface area contributed by atoms with E-state index in [1.54, 1.807) is 25.4 Å². The summed E-state index contributed by atoms with van der Waals surface area (Å²) in [5.74, 6) is 0.404. The first kappa shape index (κ1) is 20.9. The van der Waals surface area contributed by atoms with E-state index < -0.39 is 0 Å². The first-order valence-corrected chi connectivity index (χ1v) is 10.6. The van der Waals surface area contributed by atoms with Gasteiger partial charge in [-0.3, -0.25) is 9.78 Å². The predicted octanol–water partition coefficient (Wildman–Crippen LogP) is 5.34. The molecule has 0 amide bonds. The van der Waals surface area contributed by atoms with Crippen molar-refractivity contribution in [1.29, 1.82) is 0 Å². The van der Waals surface area contributed by atoms with Crippen LogP contribution in [0.25, 0.3) is 22.5 Å². The van der Waals surface area contributed by atoms with E-state index in [9.17, 15) is 4.79 Å². The Morgan fingerprint density at radius 3 is 2.64 bits per heavy atom. The molecule has 0 radical (unpaired) electrons. The third-order valence-corrected chi connectivity index (χ3v) is 5.77. The smallest absolute Gasteiger partial charge is 0.289 e. The van der Waals surface area contributed by atoms with Gasteiger partial charge in [0, 0.05) is 34.4 Å². The number of pyridine rings is 1. The molecule has 0 spiro atoms. The largest absolute Gasteiger partial charge is 0.497 e. The van der Waals surface area contributed by atoms with E-state index in [2.05, 4.69) is 19.7 Å². The highest BCUT2D eigenvalue weighted by Gasteiger charge is 2.26. The summed E-state index contributed by atoms with van der Waals surface area (Å²) < 4.78 is 13.2. The van der Waals surface area contributed by atoms with Gasteiger partial charge in [-0.1, -0.05) is 29.8 Å². The minimum absolute atomic E-state index is 0.0906. The quantitative estimate of drug-likeness (QED) is 0.319. The zero-order valence-electron chi connectivity index (χ0n) is 17.9. The number of benzene rings is 2. The van der Waals surface area contributed by atoms with Crippen molar-refractivity contribution in [2.45, 2.75) is 13.5 Å². The number of hydrogen-bond donors (Lipinski definition) is 0. The van der Waals surface area contributed by atoms with Gasteiger partial charge in [0.2, 0.25) is 0 Å². The van der Waals surface area contributed by atoms with Crippen LogP contribution in [0, 0.1) is 6.92 Å². The average molecular weight is 459 g/mol. The van der Waals surface area contributed by atoms with Crippen molar-refractivity contribution in [3.63, 3.8) is 0 Å². The highest BCUT2D eigenvalue weighted by atomic mass is 35.5. The lowest BCUT2D eigenvalue weighted by Gasteiger charge is -2.09. The standard InChI is InChI=1S/C25H19ClN4O3/c1-15-22(23(31)25-29-28-24(33-25)20-5-3-4-12-27-20)19-13-18(32-2)10-11-21(19)30(15)14-16-6-8-17(26)9-7-16/h3-13H,14H2,1-2H3. The summed E-state index contributed by atoms with van der Waals surface area (Å²) in [6.45, 7) is 2.48. The molecule has 33 heavy (non-hydrogen) atoms. The van der Waals surface area contributed by atoms with Crippen LogP contribution in [0.4, 0.5) is 0 Å². The van der Waals surface area contributed by atoms with Gasteiger partial charge in [-0.05, 0) is 55.0 Å². The van der Waals surface area contributed by atoms with Gasteiger partial charge in [0.05, 0.1) is 12.7 Å². The normalized spacial score (nSPS) is 11.1. The maximum absolute atomic E-state index is 13.5. The molecule has 0 unspecified atom stereocenters. The predicted molar refractivity (Wildman–Crippen MR) is 125 cm³/mol. The van der Waals surface area contributed by atoms with Crippen LogP contribution >= 0.6 is 11.6 Å².